The molecule has 3 aromatic rings. The van der Waals surface area contributed by atoms with Crippen molar-refractivity contribution in [1.29, 1.82) is 0 Å². The second-order valence-corrected chi connectivity index (χ2v) is 6.39. The molecule has 0 aliphatic carbocycles. The first-order valence-electron chi connectivity index (χ1n) is 8.15. The lowest BCUT2D eigenvalue weighted by Gasteiger charge is -2.35. The molecule has 118 valence electrons. The van der Waals surface area contributed by atoms with Crippen LogP contribution in [0, 0.1) is 0 Å². The highest BCUT2D eigenvalue weighted by Gasteiger charge is 2.31. The Kier molecular flexibility index (Phi) is 2.76. The van der Waals surface area contributed by atoms with Crippen LogP contribution < -0.4 is 4.90 Å². The summed E-state index contributed by atoms with van der Waals surface area (Å²) in [7, 11) is 2.11. The highest BCUT2D eigenvalue weighted by molar-refractivity contribution is 6.02. The van der Waals surface area contributed by atoms with Crippen LogP contribution >= 0.6 is 0 Å². The Bertz CT molecular complexity index is 874. The zero-order valence-electron chi connectivity index (χ0n) is 13.1. The lowest BCUT2D eigenvalue weighted by atomic mass is 10.1. The van der Waals surface area contributed by atoms with Crippen LogP contribution in [0.5, 0.6) is 0 Å². The molecule has 0 unspecified atom stereocenters. The Labute approximate surface area is 134 Å². The summed E-state index contributed by atoms with van der Waals surface area (Å²) in [4.78, 5) is 7.19. The van der Waals surface area contributed by atoms with Crippen LogP contribution in [0.25, 0.3) is 22.2 Å². The van der Waals surface area contributed by atoms with Gasteiger partial charge in [-0.05, 0) is 25.0 Å². The normalized spacial score (nSPS) is 18.2. The largest absolute Gasteiger partial charge is 0.381 e. The number of H-pyrrole nitrogens is 1. The lowest BCUT2D eigenvalue weighted by molar-refractivity contribution is 0.0839. The molecule has 0 radical (unpaired) electrons. The topological polar surface area (TPSA) is 59.0 Å². The summed E-state index contributed by atoms with van der Waals surface area (Å²) in [5.41, 5.74) is 4.58. The van der Waals surface area contributed by atoms with E-state index in [9.17, 15) is 0 Å². The Hall–Kier alpha value is -2.34. The quantitative estimate of drug-likeness (QED) is 0.750. The molecule has 0 bridgehead atoms. The van der Waals surface area contributed by atoms with Crippen molar-refractivity contribution in [2.45, 2.75) is 25.4 Å². The summed E-state index contributed by atoms with van der Waals surface area (Å²) in [6.07, 6.45) is 6.09. The van der Waals surface area contributed by atoms with E-state index >= 15 is 0 Å². The number of aryl methyl sites for hydroxylation is 1. The van der Waals surface area contributed by atoms with Crippen molar-refractivity contribution in [2.24, 2.45) is 7.05 Å². The number of hydrogen-bond donors (Lipinski definition) is 1. The van der Waals surface area contributed by atoms with Gasteiger partial charge >= 0.3 is 0 Å². The molecule has 0 saturated carbocycles. The van der Waals surface area contributed by atoms with Crippen LogP contribution in [0.2, 0.25) is 0 Å². The van der Waals surface area contributed by atoms with Gasteiger partial charge in [-0.3, -0.25) is 5.10 Å². The summed E-state index contributed by atoms with van der Waals surface area (Å²) in [6, 6.07) is 4.63. The number of nitrogens with zero attached hydrogens (tertiary/aromatic N) is 4. The van der Waals surface area contributed by atoms with E-state index in [0.29, 0.717) is 6.04 Å². The second-order valence-electron chi connectivity index (χ2n) is 6.39. The van der Waals surface area contributed by atoms with E-state index in [-0.39, 0.29) is 0 Å². The predicted octanol–water partition coefficient (Wildman–Crippen LogP) is 2.46. The summed E-state index contributed by atoms with van der Waals surface area (Å²) in [5, 5.41) is 8.90. The van der Waals surface area contributed by atoms with Gasteiger partial charge < -0.3 is 14.2 Å². The van der Waals surface area contributed by atoms with Gasteiger partial charge in [0.25, 0.3) is 0 Å². The van der Waals surface area contributed by atoms with Gasteiger partial charge in [-0.2, -0.15) is 5.10 Å². The van der Waals surface area contributed by atoms with Crippen molar-refractivity contribution in [3.63, 3.8) is 0 Å². The van der Waals surface area contributed by atoms with Crippen molar-refractivity contribution < 1.29 is 4.74 Å². The van der Waals surface area contributed by atoms with Crippen molar-refractivity contribution in [2.75, 3.05) is 18.1 Å². The molecule has 2 aliphatic heterocycles. The van der Waals surface area contributed by atoms with Crippen molar-refractivity contribution in [3.8, 4) is 11.3 Å². The van der Waals surface area contributed by atoms with Gasteiger partial charge in [0, 0.05) is 50.0 Å². The average Bonchev–Trinajstić information content (AvgIpc) is 3.13. The number of pyridine rings is 1. The smallest absolute Gasteiger partial charge is 0.140 e. The van der Waals surface area contributed by atoms with E-state index in [4.69, 9.17) is 9.72 Å². The number of hydrogen-bond acceptors (Lipinski definition) is 4. The zero-order chi connectivity index (χ0) is 15.4. The third-order valence-corrected chi connectivity index (χ3v) is 5.14. The number of rotatable bonds is 1. The minimum absolute atomic E-state index is 0.463. The molecule has 5 rings (SSSR count). The number of aromatic nitrogens is 4. The molecule has 0 spiro atoms. The summed E-state index contributed by atoms with van der Waals surface area (Å²) in [5.74, 6) is 1.05. The number of fused-ring (bicyclic) bond motifs is 2. The fourth-order valence-corrected chi connectivity index (χ4v) is 3.87. The Morgan fingerprint density at radius 1 is 1.26 bits per heavy atom. The van der Waals surface area contributed by atoms with Crippen molar-refractivity contribution in [3.05, 3.63) is 30.2 Å². The van der Waals surface area contributed by atoms with Crippen LogP contribution in [-0.2, 0) is 18.3 Å². The molecule has 6 heteroatoms. The lowest BCUT2D eigenvalue weighted by Crippen LogP contribution is -2.39. The van der Waals surface area contributed by atoms with E-state index < -0.39 is 0 Å². The van der Waals surface area contributed by atoms with E-state index in [0.717, 1.165) is 55.0 Å². The summed E-state index contributed by atoms with van der Waals surface area (Å²) >= 11 is 0. The van der Waals surface area contributed by atoms with E-state index in [1.165, 1.54) is 11.3 Å². The summed E-state index contributed by atoms with van der Waals surface area (Å²) in [6.45, 7) is 2.52. The number of nitrogens with one attached hydrogen (secondary N) is 1. The standard InChI is InChI=1S/C17H19N5O/c1-21-7-3-12-14(21)10-22(11-4-8-23-9-5-11)17-15-13(2-6-18-17)19-20-16(12)15/h2-3,6-7,11H,4-5,8-10H2,1H3,(H,19,20). The highest BCUT2D eigenvalue weighted by Crippen LogP contribution is 2.40. The zero-order valence-corrected chi connectivity index (χ0v) is 13.1. The first kappa shape index (κ1) is 13.1. The molecular formula is C17H19N5O. The van der Waals surface area contributed by atoms with Crippen LogP contribution in [0.15, 0.2) is 24.5 Å². The van der Waals surface area contributed by atoms with E-state index in [1.54, 1.807) is 0 Å². The maximum Gasteiger partial charge on any atom is 0.140 e. The number of ether oxygens (including phenoxy) is 1. The first-order chi connectivity index (χ1) is 11.3. The van der Waals surface area contributed by atoms with E-state index in [2.05, 4.69) is 39.0 Å². The van der Waals surface area contributed by atoms with Crippen LogP contribution in [0.4, 0.5) is 5.82 Å². The molecule has 23 heavy (non-hydrogen) atoms. The Balaban J connectivity index is 1.76. The average molecular weight is 309 g/mol. The molecule has 1 N–H and O–H groups in total. The highest BCUT2D eigenvalue weighted by atomic mass is 16.5. The minimum Gasteiger partial charge on any atom is -0.381 e. The van der Waals surface area contributed by atoms with Crippen LogP contribution in [0.3, 0.4) is 0 Å². The predicted molar refractivity (Wildman–Crippen MR) is 88.3 cm³/mol. The third kappa shape index (κ3) is 1.84. The molecule has 1 fully saturated rings. The molecule has 0 aromatic carbocycles. The molecule has 6 nitrogen and oxygen atoms in total. The van der Waals surface area contributed by atoms with Gasteiger partial charge in [0.1, 0.15) is 11.5 Å². The SMILES string of the molecule is Cn1ccc2c1CN(C1CCOCC1)c1nccc3[nH]nc-2c13. The van der Waals surface area contributed by atoms with Gasteiger partial charge in [-0.1, -0.05) is 0 Å². The van der Waals surface area contributed by atoms with Gasteiger partial charge in [0.05, 0.1) is 17.4 Å². The third-order valence-electron chi connectivity index (χ3n) is 5.14. The number of aromatic amines is 1. The van der Waals surface area contributed by atoms with Gasteiger partial charge in [-0.15, -0.1) is 0 Å². The minimum atomic E-state index is 0.463. The monoisotopic (exact) mass is 309 g/mol. The molecule has 3 aromatic heterocycles. The summed E-state index contributed by atoms with van der Waals surface area (Å²) < 4.78 is 7.76. The first-order valence-corrected chi connectivity index (χ1v) is 8.15. The van der Waals surface area contributed by atoms with Gasteiger partial charge in [0.2, 0.25) is 0 Å². The maximum atomic E-state index is 5.56. The fraction of sp³-hybridized carbons (Fsp3) is 0.412. The van der Waals surface area contributed by atoms with Crippen LogP contribution in [0.1, 0.15) is 18.5 Å². The molecule has 2 aliphatic rings. The van der Waals surface area contributed by atoms with Gasteiger partial charge in [-0.25, -0.2) is 4.98 Å². The van der Waals surface area contributed by atoms with Crippen molar-refractivity contribution in [1.82, 2.24) is 19.7 Å². The van der Waals surface area contributed by atoms with Crippen molar-refractivity contribution >= 4 is 16.7 Å². The maximum absolute atomic E-state index is 5.56. The number of anilines is 1. The molecule has 0 atom stereocenters. The van der Waals surface area contributed by atoms with Crippen LogP contribution in [-0.4, -0.2) is 39.0 Å². The second kappa shape index (κ2) is 4.83. The molecule has 5 heterocycles. The Morgan fingerprint density at radius 3 is 3.00 bits per heavy atom. The van der Waals surface area contributed by atoms with Gasteiger partial charge in [0.15, 0.2) is 0 Å². The van der Waals surface area contributed by atoms with E-state index in [1.807, 2.05) is 12.3 Å². The molecular weight excluding hydrogens is 290 g/mol. The molecule has 1 saturated heterocycles. The fourth-order valence-electron chi connectivity index (χ4n) is 3.87. The Morgan fingerprint density at radius 2 is 2.13 bits per heavy atom. The molecule has 0 amide bonds.